The molecule has 0 aliphatic carbocycles. The van der Waals surface area contributed by atoms with Gasteiger partial charge >= 0.3 is 0 Å². The van der Waals surface area contributed by atoms with Gasteiger partial charge in [-0.2, -0.15) is 0 Å². The van der Waals surface area contributed by atoms with Gasteiger partial charge < -0.3 is 0 Å². The zero-order chi connectivity index (χ0) is 27.1. The number of hydrogen-bond donors (Lipinski definition) is 0. The van der Waals surface area contributed by atoms with Crippen molar-refractivity contribution in [2.24, 2.45) is 0 Å². The highest BCUT2D eigenvalue weighted by atomic mass is 32.1. The molecule has 0 saturated heterocycles. The van der Waals surface area contributed by atoms with E-state index < -0.39 is 0 Å². The number of rotatable bonds is 2. The third kappa shape index (κ3) is 3.12. The molecular formula is C34H19N5OS. The lowest BCUT2D eigenvalue weighted by Gasteiger charge is -2.12. The van der Waals surface area contributed by atoms with Gasteiger partial charge in [-0.3, -0.25) is 9.36 Å². The Morgan fingerprint density at radius 3 is 2.15 bits per heavy atom. The van der Waals surface area contributed by atoms with E-state index in [0.717, 1.165) is 59.7 Å². The summed E-state index contributed by atoms with van der Waals surface area (Å²) in [4.78, 5) is 30.1. The lowest BCUT2D eigenvalue weighted by Crippen LogP contribution is -2.13. The summed E-state index contributed by atoms with van der Waals surface area (Å²) in [6, 6.07) is 38.4. The number of para-hydroxylation sites is 4. The number of nitrogens with zero attached hydrogens (tertiary/aromatic N) is 5. The van der Waals surface area contributed by atoms with Gasteiger partial charge in [-0.05, 0) is 30.3 Å². The average Bonchev–Trinajstić information content (AvgIpc) is 3.56. The lowest BCUT2D eigenvalue weighted by molar-refractivity contribution is 1.02. The van der Waals surface area contributed by atoms with E-state index in [0.29, 0.717) is 16.3 Å². The topological polar surface area (TPSA) is 65.1 Å². The minimum absolute atomic E-state index is 0.0961. The molecule has 9 rings (SSSR count). The van der Waals surface area contributed by atoms with Crippen molar-refractivity contribution in [2.75, 3.05) is 0 Å². The first-order valence-corrected chi connectivity index (χ1v) is 14.2. The third-order valence-electron chi connectivity index (χ3n) is 7.79. The third-order valence-corrected chi connectivity index (χ3v) is 8.80. The van der Waals surface area contributed by atoms with E-state index >= 15 is 0 Å². The molecule has 4 aromatic heterocycles. The van der Waals surface area contributed by atoms with Crippen LogP contribution in [0.3, 0.4) is 0 Å². The first-order chi connectivity index (χ1) is 20.3. The van der Waals surface area contributed by atoms with Crippen molar-refractivity contribution in [2.45, 2.75) is 0 Å². The minimum atomic E-state index is -0.0961. The number of fused-ring (bicyclic) bond motifs is 9. The Labute approximate surface area is 236 Å². The molecule has 41 heavy (non-hydrogen) atoms. The molecule has 192 valence electrons. The summed E-state index contributed by atoms with van der Waals surface area (Å²) in [5, 5.41) is 3.64. The van der Waals surface area contributed by atoms with E-state index in [9.17, 15) is 4.79 Å². The fraction of sp³-hybridized carbons (Fsp3) is 0. The first-order valence-electron chi connectivity index (χ1n) is 13.3. The predicted octanol–water partition coefficient (Wildman–Crippen LogP) is 7.77. The van der Waals surface area contributed by atoms with Gasteiger partial charge in [0.2, 0.25) is 5.95 Å². The van der Waals surface area contributed by atoms with Gasteiger partial charge in [-0.1, -0.05) is 96.3 Å². The van der Waals surface area contributed by atoms with Crippen LogP contribution in [0.2, 0.25) is 0 Å². The molecule has 0 aliphatic rings. The summed E-state index contributed by atoms with van der Waals surface area (Å²) in [6.45, 7) is 0. The SMILES string of the molecule is O=c1c2c(ccc3c4ccccc4n(-c4nc(-c5ccccc5)c5ccccc5n4)c32)sc2nc3ccccc3n12. The van der Waals surface area contributed by atoms with E-state index in [-0.39, 0.29) is 5.56 Å². The molecule has 7 heteroatoms. The van der Waals surface area contributed by atoms with Crippen LogP contribution in [0.15, 0.2) is 120 Å². The van der Waals surface area contributed by atoms with Crippen LogP contribution in [-0.2, 0) is 0 Å². The molecule has 0 radical (unpaired) electrons. The zero-order valence-electron chi connectivity index (χ0n) is 21.5. The molecule has 6 nitrogen and oxygen atoms in total. The molecule has 0 fully saturated rings. The van der Waals surface area contributed by atoms with Gasteiger partial charge in [0.1, 0.15) is 0 Å². The second-order valence-corrected chi connectivity index (χ2v) is 11.1. The normalized spacial score (nSPS) is 12.0. The lowest BCUT2D eigenvalue weighted by atomic mass is 10.1. The Kier molecular flexibility index (Phi) is 4.54. The van der Waals surface area contributed by atoms with Crippen molar-refractivity contribution in [3.05, 3.63) is 126 Å². The smallest absolute Gasteiger partial charge is 0.268 e. The monoisotopic (exact) mass is 545 g/mol. The summed E-state index contributed by atoms with van der Waals surface area (Å²) in [7, 11) is 0. The Bertz CT molecular complexity index is 2560. The Morgan fingerprint density at radius 2 is 1.29 bits per heavy atom. The van der Waals surface area contributed by atoms with Crippen LogP contribution in [0.5, 0.6) is 0 Å². The second kappa shape index (κ2) is 8.30. The van der Waals surface area contributed by atoms with E-state index in [1.807, 2.05) is 78.9 Å². The van der Waals surface area contributed by atoms with Gasteiger partial charge in [0, 0.05) is 26.4 Å². The maximum atomic E-state index is 14.4. The fourth-order valence-electron chi connectivity index (χ4n) is 6.00. The zero-order valence-corrected chi connectivity index (χ0v) is 22.3. The Morgan fingerprint density at radius 1 is 0.585 bits per heavy atom. The van der Waals surface area contributed by atoms with Crippen LogP contribution in [0.25, 0.3) is 76.0 Å². The maximum Gasteiger partial charge on any atom is 0.268 e. The molecule has 0 unspecified atom stereocenters. The van der Waals surface area contributed by atoms with Crippen LogP contribution in [0, 0.1) is 0 Å². The van der Waals surface area contributed by atoms with Gasteiger partial charge in [0.15, 0.2) is 4.96 Å². The molecule has 0 amide bonds. The first kappa shape index (κ1) is 22.4. The quantitative estimate of drug-likeness (QED) is 0.223. The van der Waals surface area contributed by atoms with Crippen molar-refractivity contribution < 1.29 is 0 Å². The van der Waals surface area contributed by atoms with E-state index in [2.05, 4.69) is 41.0 Å². The van der Waals surface area contributed by atoms with Crippen LogP contribution in [0.1, 0.15) is 0 Å². The summed E-state index contributed by atoms with van der Waals surface area (Å²) >= 11 is 1.52. The van der Waals surface area contributed by atoms with Crippen molar-refractivity contribution in [1.82, 2.24) is 23.9 Å². The van der Waals surface area contributed by atoms with Crippen molar-refractivity contribution >= 4 is 70.1 Å². The number of imidazole rings is 1. The molecular weight excluding hydrogens is 526 g/mol. The Balaban J connectivity index is 1.49. The van der Waals surface area contributed by atoms with Gasteiger partial charge in [-0.15, -0.1) is 0 Å². The minimum Gasteiger partial charge on any atom is -0.277 e. The van der Waals surface area contributed by atoms with Crippen LogP contribution in [0.4, 0.5) is 0 Å². The predicted molar refractivity (Wildman–Crippen MR) is 167 cm³/mol. The standard InChI is InChI=1S/C34H19N5OS/c40-32-29-28(41-34-36-25-15-7-9-17-27(25)39(32)34)19-18-22-21-12-5-8-16-26(21)38(31(22)29)33-35-24-14-6-4-13-23(24)30(37-33)20-10-2-1-3-11-20/h1-19H. The molecule has 4 heterocycles. The molecule has 0 bridgehead atoms. The number of hydrogen-bond acceptors (Lipinski definition) is 5. The summed E-state index contributed by atoms with van der Waals surface area (Å²) in [5.41, 5.74) is 5.97. The molecule has 9 aromatic rings. The fourth-order valence-corrected chi connectivity index (χ4v) is 7.03. The molecule has 5 aromatic carbocycles. The van der Waals surface area contributed by atoms with Crippen LogP contribution in [-0.4, -0.2) is 23.9 Å². The largest absolute Gasteiger partial charge is 0.277 e. The summed E-state index contributed by atoms with van der Waals surface area (Å²) in [5.74, 6) is 0.529. The Hall–Kier alpha value is -5.40. The molecule has 0 atom stereocenters. The van der Waals surface area contributed by atoms with Gasteiger partial charge in [0.05, 0.1) is 38.7 Å². The van der Waals surface area contributed by atoms with E-state index in [1.165, 1.54) is 11.3 Å². The molecule has 0 spiro atoms. The van der Waals surface area contributed by atoms with Crippen molar-refractivity contribution in [3.63, 3.8) is 0 Å². The number of aromatic nitrogens is 5. The van der Waals surface area contributed by atoms with Gasteiger partial charge in [-0.25, -0.2) is 19.4 Å². The van der Waals surface area contributed by atoms with Crippen molar-refractivity contribution in [1.29, 1.82) is 0 Å². The maximum absolute atomic E-state index is 14.4. The van der Waals surface area contributed by atoms with Gasteiger partial charge in [0.25, 0.3) is 5.56 Å². The van der Waals surface area contributed by atoms with Crippen LogP contribution >= 0.6 is 11.3 Å². The highest BCUT2D eigenvalue weighted by molar-refractivity contribution is 7.23. The van der Waals surface area contributed by atoms with Crippen LogP contribution < -0.4 is 5.56 Å². The highest BCUT2D eigenvalue weighted by Gasteiger charge is 2.22. The molecule has 0 aliphatic heterocycles. The summed E-state index contributed by atoms with van der Waals surface area (Å²) < 4.78 is 4.67. The highest BCUT2D eigenvalue weighted by Crippen LogP contribution is 2.37. The summed E-state index contributed by atoms with van der Waals surface area (Å²) in [6.07, 6.45) is 0. The molecule has 0 saturated carbocycles. The van der Waals surface area contributed by atoms with E-state index in [4.69, 9.17) is 15.0 Å². The molecule has 0 N–H and O–H groups in total. The van der Waals surface area contributed by atoms with Crippen molar-refractivity contribution in [3.8, 4) is 17.2 Å². The second-order valence-electron chi connectivity index (χ2n) is 10.1. The average molecular weight is 546 g/mol. The van der Waals surface area contributed by atoms with E-state index in [1.54, 1.807) is 4.40 Å². The number of benzene rings is 5.